The first kappa shape index (κ1) is 14.4. The van der Waals surface area contributed by atoms with E-state index < -0.39 is 0 Å². The molecule has 114 valence electrons. The van der Waals surface area contributed by atoms with Crippen LogP contribution in [0, 0.1) is 6.92 Å². The minimum atomic E-state index is 0.0241. The van der Waals surface area contributed by atoms with Crippen LogP contribution in [0.25, 0.3) is 0 Å². The van der Waals surface area contributed by atoms with E-state index in [0.29, 0.717) is 6.54 Å². The molecule has 0 aromatic heterocycles. The monoisotopic (exact) mass is 296 g/mol. The maximum Gasteiger partial charge on any atom is 0.251 e. The van der Waals surface area contributed by atoms with Gasteiger partial charge >= 0.3 is 0 Å². The van der Waals surface area contributed by atoms with Crippen LogP contribution in [0.15, 0.2) is 36.4 Å². The highest BCUT2D eigenvalue weighted by Gasteiger charge is 2.16. The minimum absolute atomic E-state index is 0.0241. The number of rotatable bonds is 4. The third-order valence-corrected chi connectivity index (χ3v) is 4.00. The first-order valence-corrected chi connectivity index (χ1v) is 7.46. The van der Waals surface area contributed by atoms with Crippen LogP contribution in [0.1, 0.15) is 27.0 Å². The average Bonchev–Trinajstić information content (AvgIpc) is 2.54. The molecule has 2 aromatic rings. The van der Waals surface area contributed by atoms with Gasteiger partial charge < -0.3 is 15.4 Å². The standard InChI is InChI=1S/C18H20N2O2/c1-12-3-4-13(9-17(12)22-2)11-20-15-5-6-16-14(10-15)7-8-19-18(16)21/h3-6,9-10,20H,7-8,11H2,1-2H3,(H,19,21). The Balaban J connectivity index is 1.73. The van der Waals surface area contributed by atoms with Gasteiger partial charge in [-0.05, 0) is 54.3 Å². The van der Waals surface area contributed by atoms with E-state index >= 15 is 0 Å². The van der Waals surface area contributed by atoms with Gasteiger partial charge in [0.2, 0.25) is 0 Å². The molecule has 0 aliphatic carbocycles. The Kier molecular flexibility index (Phi) is 4.00. The van der Waals surface area contributed by atoms with Crippen LogP contribution in [0.3, 0.4) is 0 Å². The van der Waals surface area contributed by atoms with Gasteiger partial charge in [0.15, 0.2) is 0 Å². The maximum absolute atomic E-state index is 11.7. The number of amides is 1. The van der Waals surface area contributed by atoms with Gasteiger partial charge in [-0.1, -0.05) is 12.1 Å². The zero-order chi connectivity index (χ0) is 15.5. The van der Waals surface area contributed by atoms with E-state index in [2.05, 4.69) is 28.8 Å². The molecule has 0 atom stereocenters. The molecule has 0 fully saturated rings. The number of hydrogen-bond donors (Lipinski definition) is 2. The maximum atomic E-state index is 11.7. The Bertz CT molecular complexity index is 710. The van der Waals surface area contributed by atoms with Crippen molar-refractivity contribution in [1.82, 2.24) is 5.32 Å². The van der Waals surface area contributed by atoms with Crippen LogP contribution in [-0.2, 0) is 13.0 Å². The van der Waals surface area contributed by atoms with Crippen LogP contribution in [0.5, 0.6) is 5.75 Å². The summed E-state index contributed by atoms with van der Waals surface area (Å²) < 4.78 is 5.35. The van der Waals surface area contributed by atoms with Crippen LogP contribution >= 0.6 is 0 Å². The molecule has 0 radical (unpaired) electrons. The fraction of sp³-hybridized carbons (Fsp3) is 0.278. The summed E-state index contributed by atoms with van der Waals surface area (Å²) in [6.45, 7) is 3.47. The number of carbonyl (C=O) groups is 1. The molecule has 22 heavy (non-hydrogen) atoms. The van der Waals surface area contributed by atoms with Crippen molar-refractivity contribution in [3.8, 4) is 5.75 Å². The van der Waals surface area contributed by atoms with E-state index in [4.69, 9.17) is 4.74 Å². The van der Waals surface area contributed by atoms with Crippen molar-refractivity contribution >= 4 is 11.6 Å². The average molecular weight is 296 g/mol. The van der Waals surface area contributed by atoms with E-state index in [1.807, 2.05) is 25.1 Å². The van der Waals surface area contributed by atoms with Gasteiger partial charge in [-0.25, -0.2) is 0 Å². The number of methoxy groups -OCH3 is 1. The normalized spacial score (nSPS) is 13.3. The fourth-order valence-electron chi connectivity index (χ4n) is 2.72. The summed E-state index contributed by atoms with van der Waals surface area (Å²) in [6, 6.07) is 12.1. The summed E-state index contributed by atoms with van der Waals surface area (Å²) >= 11 is 0. The molecule has 0 unspecified atom stereocenters. The molecule has 1 aliphatic heterocycles. The van der Waals surface area contributed by atoms with Gasteiger partial charge in [-0.15, -0.1) is 0 Å². The highest BCUT2D eigenvalue weighted by Crippen LogP contribution is 2.22. The lowest BCUT2D eigenvalue weighted by Gasteiger charge is -2.18. The molecule has 3 rings (SSSR count). The van der Waals surface area contributed by atoms with E-state index in [-0.39, 0.29) is 5.91 Å². The summed E-state index contributed by atoms with van der Waals surface area (Å²) in [7, 11) is 1.69. The smallest absolute Gasteiger partial charge is 0.251 e. The molecule has 4 heteroatoms. The highest BCUT2D eigenvalue weighted by molar-refractivity contribution is 5.97. The van der Waals surface area contributed by atoms with Gasteiger partial charge in [0.1, 0.15) is 5.75 Å². The molecule has 1 aliphatic rings. The third kappa shape index (κ3) is 2.91. The van der Waals surface area contributed by atoms with Crippen molar-refractivity contribution in [3.05, 3.63) is 58.7 Å². The summed E-state index contributed by atoms with van der Waals surface area (Å²) in [6.07, 6.45) is 0.884. The molecule has 1 amide bonds. The van der Waals surface area contributed by atoms with Crippen LogP contribution in [0.2, 0.25) is 0 Å². The number of nitrogens with one attached hydrogen (secondary N) is 2. The number of ether oxygens (including phenoxy) is 1. The predicted octanol–water partition coefficient (Wildman–Crippen LogP) is 2.90. The molecular formula is C18H20N2O2. The van der Waals surface area contributed by atoms with Crippen molar-refractivity contribution in [1.29, 1.82) is 0 Å². The number of benzene rings is 2. The molecule has 0 saturated carbocycles. The highest BCUT2D eigenvalue weighted by atomic mass is 16.5. The number of hydrogen-bond acceptors (Lipinski definition) is 3. The Morgan fingerprint density at radius 1 is 1.23 bits per heavy atom. The van der Waals surface area contributed by atoms with E-state index in [1.54, 1.807) is 7.11 Å². The van der Waals surface area contributed by atoms with Gasteiger partial charge in [-0.2, -0.15) is 0 Å². The van der Waals surface area contributed by atoms with Gasteiger partial charge in [-0.3, -0.25) is 4.79 Å². The van der Waals surface area contributed by atoms with Crippen molar-refractivity contribution in [2.45, 2.75) is 19.9 Å². The Morgan fingerprint density at radius 2 is 2.09 bits per heavy atom. The number of carbonyl (C=O) groups excluding carboxylic acids is 1. The second kappa shape index (κ2) is 6.10. The molecule has 1 heterocycles. The zero-order valence-corrected chi connectivity index (χ0v) is 12.9. The largest absolute Gasteiger partial charge is 0.496 e. The summed E-state index contributed by atoms with van der Waals surface area (Å²) in [5.41, 5.74) is 5.22. The Morgan fingerprint density at radius 3 is 2.91 bits per heavy atom. The van der Waals surface area contributed by atoms with Crippen LogP contribution < -0.4 is 15.4 Å². The van der Waals surface area contributed by atoms with Crippen LogP contribution in [-0.4, -0.2) is 19.6 Å². The Hall–Kier alpha value is -2.49. The summed E-state index contributed by atoms with van der Waals surface area (Å²) in [5.74, 6) is 0.928. The lowest BCUT2D eigenvalue weighted by molar-refractivity contribution is 0.0946. The molecular weight excluding hydrogens is 276 g/mol. The number of aryl methyl sites for hydroxylation is 1. The zero-order valence-electron chi connectivity index (χ0n) is 12.9. The molecule has 2 aromatic carbocycles. The van der Waals surface area contributed by atoms with Crippen molar-refractivity contribution in [3.63, 3.8) is 0 Å². The second-order valence-corrected chi connectivity index (χ2v) is 5.54. The minimum Gasteiger partial charge on any atom is -0.496 e. The molecule has 4 nitrogen and oxygen atoms in total. The summed E-state index contributed by atoms with van der Waals surface area (Å²) in [4.78, 5) is 11.7. The predicted molar refractivity (Wildman–Crippen MR) is 87.5 cm³/mol. The Labute approximate surface area is 130 Å². The lowest BCUT2D eigenvalue weighted by Crippen LogP contribution is -2.31. The molecule has 0 bridgehead atoms. The lowest BCUT2D eigenvalue weighted by atomic mass is 9.99. The molecule has 2 N–H and O–H groups in total. The first-order valence-electron chi connectivity index (χ1n) is 7.46. The van der Waals surface area contributed by atoms with E-state index in [1.165, 1.54) is 0 Å². The van der Waals surface area contributed by atoms with Crippen molar-refractivity contribution < 1.29 is 9.53 Å². The quantitative estimate of drug-likeness (QED) is 0.912. The van der Waals surface area contributed by atoms with Gasteiger partial charge in [0, 0.05) is 24.3 Å². The summed E-state index contributed by atoms with van der Waals surface area (Å²) in [5, 5.41) is 6.27. The van der Waals surface area contributed by atoms with Crippen LogP contribution in [0.4, 0.5) is 5.69 Å². The SMILES string of the molecule is COc1cc(CNc2ccc3c(c2)CCNC3=O)ccc1C. The van der Waals surface area contributed by atoms with Gasteiger partial charge in [0.05, 0.1) is 7.11 Å². The number of fused-ring (bicyclic) bond motifs is 1. The second-order valence-electron chi connectivity index (χ2n) is 5.54. The fourth-order valence-corrected chi connectivity index (χ4v) is 2.72. The third-order valence-electron chi connectivity index (χ3n) is 4.00. The molecule has 0 spiro atoms. The van der Waals surface area contributed by atoms with Crippen molar-refractivity contribution in [2.75, 3.05) is 19.0 Å². The van der Waals surface area contributed by atoms with Gasteiger partial charge in [0.25, 0.3) is 5.91 Å². The first-order chi connectivity index (χ1) is 10.7. The van der Waals surface area contributed by atoms with Crippen molar-refractivity contribution in [2.24, 2.45) is 0 Å². The van der Waals surface area contributed by atoms with E-state index in [0.717, 1.165) is 46.7 Å². The topological polar surface area (TPSA) is 50.4 Å². The van der Waals surface area contributed by atoms with E-state index in [9.17, 15) is 4.79 Å². The molecule has 0 saturated heterocycles. The number of anilines is 1.